The van der Waals surface area contributed by atoms with Crippen molar-refractivity contribution in [3.8, 4) is 5.75 Å². The highest BCUT2D eigenvalue weighted by Gasteiger charge is 2.32. The topological polar surface area (TPSA) is 44.7 Å². The first kappa shape index (κ1) is 21.0. The van der Waals surface area contributed by atoms with Gasteiger partial charge >= 0.3 is 0 Å². The summed E-state index contributed by atoms with van der Waals surface area (Å²) in [6.45, 7) is 5.79. The second-order valence-corrected chi connectivity index (χ2v) is 6.80. The summed E-state index contributed by atoms with van der Waals surface area (Å²) in [4.78, 5) is 2.52. The van der Waals surface area contributed by atoms with Gasteiger partial charge in [0.25, 0.3) is 0 Å². The van der Waals surface area contributed by atoms with Gasteiger partial charge in [-0.25, -0.2) is 0 Å². The van der Waals surface area contributed by atoms with Crippen molar-refractivity contribution in [2.75, 3.05) is 39.4 Å². The Morgan fingerprint density at radius 1 is 1.17 bits per heavy atom. The summed E-state index contributed by atoms with van der Waals surface area (Å²) in [6.07, 6.45) is 2.14. The summed E-state index contributed by atoms with van der Waals surface area (Å²) >= 11 is 3.55. The van der Waals surface area contributed by atoms with Gasteiger partial charge in [0.15, 0.2) is 0 Å². The smallest absolute Gasteiger partial charge is 0.120 e. The van der Waals surface area contributed by atoms with Crippen LogP contribution in [0.4, 0.5) is 0 Å². The molecule has 0 amide bonds. The zero-order chi connectivity index (χ0) is 14.7. The number of aromatic hydroxyl groups is 1. The molecule has 2 N–H and O–H groups in total. The highest BCUT2D eigenvalue weighted by Crippen LogP contribution is 2.40. The Balaban J connectivity index is 0.00000132. The van der Waals surface area contributed by atoms with E-state index in [-0.39, 0.29) is 30.9 Å². The summed E-state index contributed by atoms with van der Waals surface area (Å²) in [5.74, 6) is 0.963. The van der Waals surface area contributed by atoms with Crippen molar-refractivity contribution in [2.45, 2.75) is 18.9 Å². The van der Waals surface area contributed by atoms with E-state index in [0.29, 0.717) is 11.7 Å². The van der Waals surface area contributed by atoms with Crippen molar-refractivity contribution >= 4 is 40.7 Å². The quantitative estimate of drug-likeness (QED) is 0.776. The van der Waals surface area contributed by atoms with Crippen LogP contribution in [0.2, 0.25) is 0 Å². The molecular formula is C16H25BrCl2N2O2. The molecule has 7 heteroatoms. The zero-order valence-electron chi connectivity index (χ0n) is 13.0. The van der Waals surface area contributed by atoms with Crippen LogP contribution in [-0.2, 0) is 4.74 Å². The van der Waals surface area contributed by atoms with Crippen molar-refractivity contribution < 1.29 is 9.84 Å². The van der Waals surface area contributed by atoms with Crippen LogP contribution in [0.15, 0.2) is 22.7 Å². The molecule has 1 aromatic carbocycles. The van der Waals surface area contributed by atoms with Gasteiger partial charge in [-0.1, -0.05) is 15.9 Å². The standard InChI is InChI=1S/C16H23BrN2O2.2ClH/c17-13-1-2-15(20)14(11-13)16(12-3-9-21-10-4-12)19-7-5-18-6-8-19;;/h1-2,11-12,16,18,20H,3-10H2;2*1H/t16-;;/m1../s1. The molecule has 23 heavy (non-hydrogen) atoms. The van der Waals surface area contributed by atoms with Crippen molar-refractivity contribution in [1.29, 1.82) is 0 Å². The number of benzene rings is 1. The minimum absolute atomic E-state index is 0. The van der Waals surface area contributed by atoms with Crippen LogP contribution in [-0.4, -0.2) is 49.4 Å². The lowest BCUT2D eigenvalue weighted by Crippen LogP contribution is -2.47. The van der Waals surface area contributed by atoms with E-state index in [1.165, 1.54) is 0 Å². The Kier molecular flexibility index (Phi) is 9.19. The number of piperazine rings is 1. The fraction of sp³-hybridized carbons (Fsp3) is 0.625. The Bertz CT molecular complexity index is 463. The number of phenolic OH excluding ortho intramolecular Hbond substituents is 1. The first-order chi connectivity index (χ1) is 10.3. The molecule has 0 bridgehead atoms. The second kappa shape index (κ2) is 10.1. The molecular weight excluding hydrogens is 403 g/mol. The van der Waals surface area contributed by atoms with Crippen molar-refractivity contribution in [1.82, 2.24) is 10.2 Å². The number of hydrogen-bond acceptors (Lipinski definition) is 4. The average molecular weight is 428 g/mol. The summed E-state index contributed by atoms with van der Waals surface area (Å²) in [5.41, 5.74) is 1.05. The number of hydrogen-bond donors (Lipinski definition) is 2. The van der Waals surface area contributed by atoms with Crippen LogP contribution in [0.5, 0.6) is 5.75 Å². The summed E-state index contributed by atoms with van der Waals surface area (Å²) in [7, 11) is 0. The minimum atomic E-state index is 0. The normalized spacial score (nSPS) is 21.1. The largest absolute Gasteiger partial charge is 0.508 e. The van der Waals surface area contributed by atoms with Crippen LogP contribution in [0.3, 0.4) is 0 Å². The van der Waals surface area contributed by atoms with E-state index >= 15 is 0 Å². The van der Waals surface area contributed by atoms with Gasteiger partial charge in [0.05, 0.1) is 0 Å². The molecule has 0 aliphatic carbocycles. The number of ether oxygens (including phenoxy) is 1. The van der Waals surface area contributed by atoms with E-state index in [2.05, 4.69) is 32.2 Å². The molecule has 2 saturated heterocycles. The molecule has 0 aromatic heterocycles. The third-order valence-electron chi connectivity index (χ3n) is 4.57. The number of rotatable bonds is 3. The Hall–Kier alpha value is -0.0400. The first-order valence-corrected chi connectivity index (χ1v) is 8.56. The van der Waals surface area contributed by atoms with Crippen LogP contribution < -0.4 is 5.32 Å². The van der Waals surface area contributed by atoms with Gasteiger partial charge < -0.3 is 15.2 Å². The number of nitrogens with zero attached hydrogens (tertiary/aromatic N) is 1. The summed E-state index contributed by atoms with van der Waals surface area (Å²) < 4.78 is 6.55. The zero-order valence-corrected chi connectivity index (χ0v) is 16.3. The van der Waals surface area contributed by atoms with Gasteiger partial charge in [0.2, 0.25) is 0 Å². The first-order valence-electron chi connectivity index (χ1n) is 7.76. The average Bonchev–Trinajstić information content (AvgIpc) is 2.53. The van der Waals surface area contributed by atoms with E-state index in [1.54, 1.807) is 6.07 Å². The highest BCUT2D eigenvalue weighted by atomic mass is 79.9. The third kappa shape index (κ3) is 5.21. The molecule has 2 heterocycles. The Morgan fingerprint density at radius 2 is 1.83 bits per heavy atom. The molecule has 2 aliphatic rings. The van der Waals surface area contributed by atoms with Gasteiger partial charge in [-0.05, 0) is 37.0 Å². The van der Waals surface area contributed by atoms with Crippen molar-refractivity contribution in [3.63, 3.8) is 0 Å². The summed E-state index contributed by atoms with van der Waals surface area (Å²) in [5, 5.41) is 13.8. The molecule has 2 fully saturated rings. The molecule has 0 radical (unpaired) electrons. The van der Waals surface area contributed by atoms with Gasteiger partial charge in [-0.15, -0.1) is 24.8 Å². The number of phenols is 1. The molecule has 1 aromatic rings. The minimum Gasteiger partial charge on any atom is -0.508 e. The molecule has 2 aliphatic heterocycles. The maximum atomic E-state index is 10.4. The van der Waals surface area contributed by atoms with Crippen molar-refractivity contribution in [3.05, 3.63) is 28.2 Å². The van der Waals surface area contributed by atoms with E-state index in [4.69, 9.17) is 4.74 Å². The molecule has 0 saturated carbocycles. The fourth-order valence-electron chi connectivity index (χ4n) is 3.50. The lowest BCUT2D eigenvalue weighted by Gasteiger charge is -2.41. The van der Waals surface area contributed by atoms with Crippen molar-refractivity contribution in [2.24, 2.45) is 5.92 Å². The van der Waals surface area contributed by atoms with Gasteiger partial charge in [-0.2, -0.15) is 0 Å². The maximum absolute atomic E-state index is 10.4. The molecule has 1 atom stereocenters. The predicted octanol–water partition coefficient (Wildman–Crippen LogP) is 3.37. The SMILES string of the molecule is Cl.Cl.Oc1ccc(Br)cc1[C@@H](C1CCOCC1)N1CCNCC1. The number of halogens is 3. The van der Waals surface area contributed by atoms with Gasteiger partial charge in [0.1, 0.15) is 5.75 Å². The molecule has 4 nitrogen and oxygen atoms in total. The van der Waals surface area contributed by atoms with Crippen LogP contribution in [0.1, 0.15) is 24.4 Å². The molecule has 0 spiro atoms. The van der Waals surface area contributed by atoms with E-state index in [0.717, 1.165) is 62.3 Å². The lowest BCUT2D eigenvalue weighted by molar-refractivity contribution is 0.0206. The van der Waals surface area contributed by atoms with Gasteiger partial charge in [-0.3, -0.25) is 4.90 Å². The van der Waals surface area contributed by atoms with Crippen LogP contribution in [0, 0.1) is 5.92 Å². The Morgan fingerprint density at radius 3 is 2.48 bits per heavy atom. The van der Waals surface area contributed by atoms with Crippen LogP contribution >= 0.6 is 40.7 Å². The Labute approximate surface area is 158 Å². The summed E-state index contributed by atoms with van der Waals surface area (Å²) in [6, 6.07) is 6.07. The van der Waals surface area contributed by atoms with E-state index < -0.39 is 0 Å². The third-order valence-corrected chi connectivity index (χ3v) is 5.06. The van der Waals surface area contributed by atoms with Gasteiger partial charge in [0, 0.05) is 55.5 Å². The molecule has 3 rings (SSSR count). The molecule has 132 valence electrons. The highest BCUT2D eigenvalue weighted by molar-refractivity contribution is 9.10. The monoisotopic (exact) mass is 426 g/mol. The second-order valence-electron chi connectivity index (χ2n) is 5.88. The number of nitrogens with one attached hydrogen (secondary N) is 1. The maximum Gasteiger partial charge on any atom is 0.120 e. The predicted molar refractivity (Wildman–Crippen MR) is 101 cm³/mol. The fourth-order valence-corrected chi connectivity index (χ4v) is 3.88. The van der Waals surface area contributed by atoms with Crippen LogP contribution in [0.25, 0.3) is 0 Å². The molecule has 0 unspecified atom stereocenters. The van der Waals surface area contributed by atoms with E-state index in [9.17, 15) is 5.11 Å². The lowest BCUT2D eigenvalue weighted by atomic mass is 9.85. The van der Waals surface area contributed by atoms with E-state index in [1.807, 2.05) is 6.07 Å².